The van der Waals surface area contributed by atoms with Crippen molar-refractivity contribution in [1.82, 2.24) is 4.90 Å². The molecular weight excluding hydrogens is 266 g/mol. The zero-order valence-corrected chi connectivity index (χ0v) is 12.3. The van der Waals surface area contributed by atoms with Gasteiger partial charge in [0.15, 0.2) is 0 Å². The van der Waals surface area contributed by atoms with Gasteiger partial charge in [-0.05, 0) is 37.3 Å². The highest BCUT2D eigenvalue weighted by Gasteiger charge is 2.47. The van der Waals surface area contributed by atoms with Crippen LogP contribution in [-0.2, 0) is 9.53 Å². The molecule has 1 saturated heterocycles. The summed E-state index contributed by atoms with van der Waals surface area (Å²) >= 11 is 0. The number of carbonyl (C=O) groups excluding carboxylic acids is 2. The third-order valence-electron chi connectivity index (χ3n) is 4.82. The van der Waals surface area contributed by atoms with Crippen LogP contribution in [0.1, 0.15) is 42.5 Å². The molecule has 0 N–H and O–H groups in total. The lowest BCUT2D eigenvalue weighted by Crippen LogP contribution is -2.46. The number of esters is 1. The van der Waals surface area contributed by atoms with Crippen LogP contribution in [0.3, 0.4) is 0 Å². The van der Waals surface area contributed by atoms with Gasteiger partial charge in [-0.3, -0.25) is 4.79 Å². The van der Waals surface area contributed by atoms with Gasteiger partial charge in [0.2, 0.25) is 0 Å². The lowest BCUT2D eigenvalue weighted by atomic mass is 9.84. The first-order chi connectivity index (χ1) is 10.2. The first kappa shape index (κ1) is 14.1. The topological polar surface area (TPSA) is 46.6 Å². The Morgan fingerprint density at radius 1 is 1.14 bits per heavy atom. The molecule has 1 aromatic carbocycles. The largest absolute Gasteiger partial charge is 0.467 e. The van der Waals surface area contributed by atoms with E-state index in [0.29, 0.717) is 11.5 Å². The number of fused-ring (bicyclic) bond motifs is 1. The standard InChI is InChI=1S/C17H21NO3/c1-21-17(20)15-11-13-9-5-6-10-14(13)18(15)16(19)12-7-3-2-4-8-12/h2-4,7-8,13-15H,5-6,9-11H2,1H3. The zero-order chi connectivity index (χ0) is 14.8. The molecule has 2 fully saturated rings. The Bertz CT molecular complexity index is 528. The van der Waals surface area contributed by atoms with Crippen molar-refractivity contribution in [2.24, 2.45) is 5.92 Å². The minimum Gasteiger partial charge on any atom is -0.467 e. The second-order valence-electron chi connectivity index (χ2n) is 5.96. The lowest BCUT2D eigenvalue weighted by molar-refractivity contribution is -0.145. The number of nitrogens with zero attached hydrogens (tertiary/aromatic N) is 1. The van der Waals surface area contributed by atoms with E-state index in [-0.39, 0.29) is 17.9 Å². The smallest absolute Gasteiger partial charge is 0.328 e. The van der Waals surface area contributed by atoms with Crippen LogP contribution in [0.2, 0.25) is 0 Å². The fourth-order valence-corrected chi connectivity index (χ4v) is 3.83. The summed E-state index contributed by atoms with van der Waals surface area (Å²) in [4.78, 5) is 26.7. The van der Waals surface area contributed by atoms with E-state index in [4.69, 9.17) is 4.74 Å². The van der Waals surface area contributed by atoms with Crippen molar-refractivity contribution in [3.05, 3.63) is 35.9 Å². The number of methoxy groups -OCH3 is 1. The fraction of sp³-hybridized carbons (Fsp3) is 0.529. The average Bonchev–Trinajstić information content (AvgIpc) is 2.93. The van der Waals surface area contributed by atoms with Gasteiger partial charge in [0.1, 0.15) is 6.04 Å². The highest BCUT2D eigenvalue weighted by molar-refractivity contribution is 5.97. The highest BCUT2D eigenvalue weighted by atomic mass is 16.5. The minimum atomic E-state index is -0.421. The normalized spacial score (nSPS) is 28.0. The van der Waals surface area contributed by atoms with Gasteiger partial charge in [-0.25, -0.2) is 4.79 Å². The molecular formula is C17H21NO3. The van der Waals surface area contributed by atoms with Crippen LogP contribution in [0, 0.1) is 5.92 Å². The first-order valence-corrected chi connectivity index (χ1v) is 7.68. The maximum atomic E-state index is 12.9. The molecule has 112 valence electrons. The van der Waals surface area contributed by atoms with Crippen molar-refractivity contribution in [2.75, 3.05) is 7.11 Å². The number of hydrogen-bond donors (Lipinski definition) is 0. The number of hydrogen-bond acceptors (Lipinski definition) is 3. The number of benzene rings is 1. The van der Waals surface area contributed by atoms with Gasteiger partial charge in [0.25, 0.3) is 5.91 Å². The highest BCUT2D eigenvalue weighted by Crippen LogP contribution is 2.40. The number of likely N-dealkylation sites (tertiary alicyclic amines) is 1. The van der Waals surface area contributed by atoms with Crippen molar-refractivity contribution in [3.8, 4) is 0 Å². The molecule has 21 heavy (non-hydrogen) atoms. The molecule has 2 aliphatic rings. The van der Waals surface area contributed by atoms with E-state index in [1.807, 2.05) is 30.3 Å². The zero-order valence-electron chi connectivity index (χ0n) is 12.3. The second-order valence-corrected chi connectivity index (χ2v) is 5.96. The second kappa shape index (κ2) is 5.88. The molecule has 3 rings (SSSR count). The summed E-state index contributed by atoms with van der Waals surface area (Å²) in [6.45, 7) is 0. The predicted octanol–water partition coefficient (Wildman–Crippen LogP) is 2.63. The molecule has 0 bridgehead atoms. The van der Waals surface area contributed by atoms with Gasteiger partial charge in [-0.1, -0.05) is 31.0 Å². The van der Waals surface area contributed by atoms with Crippen LogP contribution in [-0.4, -0.2) is 36.0 Å². The predicted molar refractivity (Wildman–Crippen MR) is 78.8 cm³/mol. The molecule has 1 saturated carbocycles. The van der Waals surface area contributed by atoms with Gasteiger partial charge in [0, 0.05) is 11.6 Å². The molecule has 1 aromatic rings. The summed E-state index contributed by atoms with van der Waals surface area (Å²) in [6.07, 6.45) is 5.18. The maximum Gasteiger partial charge on any atom is 0.328 e. The van der Waals surface area contributed by atoms with Gasteiger partial charge >= 0.3 is 5.97 Å². The van der Waals surface area contributed by atoms with Crippen molar-refractivity contribution in [2.45, 2.75) is 44.2 Å². The van der Waals surface area contributed by atoms with Crippen LogP contribution in [0.25, 0.3) is 0 Å². The molecule has 1 amide bonds. The summed E-state index contributed by atoms with van der Waals surface area (Å²) in [5.74, 6) is 0.115. The molecule has 3 unspecified atom stereocenters. The number of amides is 1. The minimum absolute atomic E-state index is 0.0413. The summed E-state index contributed by atoms with van der Waals surface area (Å²) in [5.41, 5.74) is 0.651. The third kappa shape index (κ3) is 2.55. The quantitative estimate of drug-likeness (QED) is 0.786. The van der Waals surface area contributed by atoms with Crippen LogP contribution in [0.15, 0.2) is 30.3 Å². The van der Waals surface area contributed by atoms with E-state index in [1.54, 1.807) is 4.90 Å². The van der Waals surface area contributed by atoms with E-state index in [9.17, 15) is 9.59 Å². The van der Waals surface area contributed by atoms with Gasteiger partial charge in [0.05, 0.1) is 7.11 Å². The number of carbonyl (C=O) groups is 2. The Labute approximate surface area is 125 Å². The summed E-state index contributed by atoms with van der Waals surface area (Å²) in [6, 6.07) is 9.00. The van der Waals surface area contributed by atoms with E-state index < -0.39 is 6.04 Å². The Morgan fingerprint density at radius 2 is 1.86 bits per heavy atom. The van der Waals surface area contributed by atoms with Crippen molar-refractivity contribution >= 4 is 11.9 Å². The molecule has 4 nitrogen and oxygen atoms in total. The summed E-state index contributed by atoms with van der Waals surface area (Å²) in [7, 11) is 1.40. The van der Waals surface area contributed by atoms with Crippen LogP contribution in [0.5, 0.6) is 0 Å². The Morgan fingerprint density at radius 3 is 2.57 bits per heavy atom. The lowest BCUT2D eigenvalue weighted by Gasteiger charge is -2.33. The van der Waals surface area contributed by atoms with Gasteiger partial charge < -0.3 is 9.64 Å². The molecule has 1 aliphatic heterocycles. The molecule has 3 atom stereocenters. The number of ether oxygens (including phenoxy) is 1. The Hall–Kier alpha value is -1.84. The summed E-state index contributed by atoms with van der Waals surface area (Å²) < 4.78 is 4.92. The van der Waals surface area contributed by atoms with E-state index >= 15 is 0 Å². The first-order valence-electron chi connectivity index (χ1n) is 7.68. The molecule has 1 aliphatic carbocycles. The molecule has 0 aromatic heterocycles. The van der Waals surface area contributed by atoms with E-state index in [1.165, 1.54) is 13.5 Å². The average molecular weight is 287 g/mol. The Balaban J connectivity index is 1.91. The molecule has 4 heteroatoms. The molecule has 0 spiro atoms. The van der Waals surface area contributed by atoms with Crippen LogP contribution < -0.4 is 0 Å². The maximum absolute atomic E-state index is 12.9. The fourth-order valence-electron chi connectivity index (χ4n) is 3.83. The number of rotatable bonds is 2. The van der Waals surface area contributed by atoms with Crippen molar-refractivity contribution < 1.29 is 14.3 Å². The van der Waals surface area contributed by atoms with E-state index in [2.05, 4.69) is 0 Å². The van der Waals surface area contributed by atoms with Crippen molar-refractivity contribution in [3.63, 3.8) is 0 Å². The molecule has 1 heterocycles. The van der Waals surface area contributed by atoms with E-state index in [0.717, 1.165) is 25.7 Å². The third-order valence-corrected chi connectivity index (χ3v) is 4.82. The molecule has 0 radical (unpaired) electrons. The Kier molecular flexibility index (Phi) is 3.95. The van der Waals surface area contributed by atoms with Crippen LogP contribution in [0.4, 0.5) is 0 Å². The SMILES string of the molecule is COC(=O)C1CC2CCCCC2N1C(=O)c1ccccc1. The van der Waals surface area contributed by atoms with Gasteiger partial charge in [-0.2, -0.15) is 0 Å². The monoisotopic (exact) mass is 287 g/mol. The summed E-state index contributed by atoms with van der Waals surface area (Å²) in [5, 5.41) is 0. The van der Waals surface area contributed by atoms with Crippen LogP contribution >= 0.6 is 0 Å². The van der Waals surface area contributed by atoms with Crippen molar-refractivity contribution in [1.29, 1.82) is 0 Å². The van der Waals surface area contributed by atoms with Gasteiger partial charge in [-0.15, -0.1) is 0 Å².